The van der Waals surface area contributed by atoms with Crippen LogP contribution >= 0.6 is 0 Å². The number of allylic oxidation sites excluding steroid dienone is 6. The molecule has 0 aliphatic heterocycles. The monoisotopic (exact) mass is 791 g/mol. The second-order valence-electron chi connectivity index (χ2n) is 15.9. The third-order valence-corrected chi connectivity index (χ3v) is 10.5. The zero-order valence-electron chi connectivity index (χ0n) is 36.1. The van der Waals surface area contributed by atoms with Gasteiger partial charge in [0.15, 0.2) is 6.10 Å². The van der Waals surface area contributed by atoms with Crippen molar-refractivity contribution in [2.75, 3.05) is 13.2 Å². The number of hydrogen-bond acceptors (Lipinski definition) is 8. The van der Waals surface area contributed by atoms with Crippen LogP contribution in [0.15, 0.2) is 48.6 Å². The number of hydrogen-bond donors (Lipinski definition) is 4. The van der Waals surface area contributed by atoms with Crippen molar-refractivity contribution >= 4 is 11.9 Å². The van der Waals surface area contributed by atoms with Gasteiger partial charge in [-0.15, -0.1) is 0 Å². The fraction of sp³-hybridized carbons (Fsp3) is 0.792. The molecular weight excluding hydrogens is 705 g/mol. The summed E-state index contributed by atoms with van der Waals surface area (Å²) in [5.41, 5.74) is 0. The van der Waals surface area contributed by atoms with E-state index in [1.54, 1.807) is 36.5 Å². The van der Waals surface area contributed by atoms with Gasteiger partial charge in [-0.2, -0.15) is 0 Å². The predicted molar refractivity (Wildman–Crippen MR) is 232 cm³/mol. The van der Waals surface area contributed by atoms with E-state index in [0.29, 0.717) is 6.42 Å². The van der Waals surface area contributed by atoms with Gasteiger partial charge in [-0.1, -0.05) is 211 Å². The minimum Gasteiger partial charge on any atom is -0.462 e. The van der Waals surface area contributed by atoms with Crippen LogP contribution in [0, 0.1) is 5.92 Å². The van der Waals surface area contributed by atoms with Crippen molar-refractivity contribution in [3.8, 4) is 0 Å². The van der Waals surface area contributed by atoms with Gasteiger partial charge in [-0.3, -0.25) is 9.59 Å². The molecule has 0 rings (SSSR count). The van der Waals surface area contributed by atoms with Gasteiger partial charge in [0.2, 0.25) is 0 Å². The molecule has 0 bridgehead atoms. The first kappa shape index (κ1) is 53.7. The van der Waals surface area contributed by atoms with Crippen LogP contribution in [0.1, 0.15) is 201 Å². The van der Waals surface area contributed by atoms with Gasteiger partial charge in [0.25, 0.3) is 0 Å². The van der Waals surface area contributed by atoms with Crippen molar-refractivity contribution in [1.29, 1.82) is 0 Å². The van der Waals surface area contributed by atoms with Gasteiger partial charge in [0.05, 0.1) is 24.9 Å². The number of rotatable bonds is 40. The largest absolute Gasteiger partial charge is 0.462 e. The second kappa shape index (κ2) is 40.9. The Labute approximate surface area is 343 Å². The third-order valence-electron chi connectivity index (χ3n) is 10.5. The number of ether oxygens (including phenoxy) is 2. The first-order chi connectivity index (χ1) is 27.2. The molecule has 0 amide bonds. The number of unbranched alkanes of at least 4 members (excludes halogenated alkanes) is 19. The Hall–Kier alpha value is -2.26. The average Bonchev–Trinajstić information content (AvgIpc) is 3.19. The van der Waals surface area contributed by atoms with Crippen LogP contribution in [0.5, 0.6) is 0 Å². The topological polar surface area (TPSA) is 134 Å². The first-order valence-corrected chi connectivity index (χ1v) is 22.9. The van der Waals surface area contributed by atoms with Gasteiger partial charge >= 0.3 is 11.9 Å². The molecule has 0 radical (unpaired) electrons. The molecule has 326 valence electrons. The number of esters is 2. The summed E-state index contributed by atoms with van der Waals surface area (Å²) < 4.78 is 10.5. The second-order valence-corrected chi connectivity index (χ2v) is 15.9. The highest BCUT2D eigenvalue weighted by molar-refractivity contribution is 5.70. The zero-order chi connectivity index (χ0) is 41.3. The number of carbonyl (C=O) groups is 2. The maximum Gasteiger partial charge on any atom is 0.306 e. The van der Waals surface area contributed by atoms with E-state index in [4.69, 9.17) is 9.47 Å². The van der Waals surface area contributed by atoms with E-state index < -0.39 is 37.0 Å². The molecule has 4 N–H and O–H groups in total. The summed E-state index contributed by atoms with van der Waals surface area (Å²) in [5, 5.41) is 39.8. The molecule has 0 heterocycles. The summed E-state index contributed by atoms with van der Waals surface area (Å²) in [6.07, 6.45) is 41.1. The number of aliphatic hydroxyl groups is 4. The molecule has 8 nitrogen and oxygen atoms in total. The van der Waals surface area contributed by atoms with E-state index in [1.807, 2.05) is 6.08 Å². The Morgan fingerprint density at radius 3 is 1.52 bits per heavy atom. The van der Waals surface area contributed by atoms with E-state index in [2.05, 4.69) is 20.8 Å². The van der Waals surface area contributed by atoms with Crippen LogP contribution in [-0.2, 0) is 19.1 Å². The lowest BCUT2D eigenvalue weighted by Gasteiger charge is -2.17. The van der Waals surface area contributed by atoms with Crippen molar-refractivity contribution in [2.45, 2.75) is 225 Å². The third kappa shape index (κ3) is 37.3. The molecule has 0 fully saturated rings. The van der Waals surface area contributed by atoms with Crippen LogP contribution in [0.2, 0.25) is 0 Å². The van der Waals surface area contributed by atoms with Crippen LogP contribution in [0.3, 0.4) is 0 Å². The van der Waals surface area contributed by atoms with Gasteiger partial charge in [-0.25, -0.2) is 0 Å². The molecule has 1 unspecified atom stereocenters. The molecule has 8 heteroatoms. The highest BCUT2D eigenvalue weighted by Crippen LogP contribution is 2.17. The lowest BCUT2D eigenvalue weighted by Crippen LogP contribution is -2.29. The maximum absolute atomic E-state index is 12.2. The average molecular weight is 791 g/mol. The molecule has 0 saturated carbocycles. The maximum atomic E-state index is 12.2. The van der Waals surface area contributed by atoms with Crippen molar-refractivity contribution < 1.29 is 39.5 Å². The normalized spacial score (nSPS) is 14.9. The standard InChI is InChI=1S/C48H86O8/c1-4-6-27-34-43(50)35-29-24-21-22-25-30-36-45(51)46(52)37-32-39-48(54)56-44(40-49)41-55-47(53)38-31-26-20-18-16-14-12-10-8-7-9-11-13-15-17-19-23-28-33-42(3)5-2/h21-22,24-25,29-30,35-36,42-46,49-52H,4-20,23,26-28,31-34,37-41H2,1-3H3/b24-21-,25-22+,35-29+,36-30+/t42?,43-,44-,45-,46-/m0/s1. The van der Waals surface area contributed by atoms with E-state index in [-0.39, 0.29) is 31.8 Å². The summed E-state index contributed by atoms with van der Waals surface area (Å²) in [5.74, 6) is -0.0141. The Balaban J connectivity index is 3.78. The number of carbonyl (C=O) groups excluding carboxylic acids is 2. The molecule has 5 atom stereocenters. The fourth-order valence-electron chi connectivity index (χ4n) is 6.50. The van der Waals surface area contributed by atoms with Crippen molar-refractivity contribution in [2.24, 2.45) is 5.92 Å². The van der Waals surface area contributed by atoms with Gasteiger partial charge in [0.1, 0.15) is 6.61 Å². The SMILES string of the molecule is CCCCC[C@H](O)/C=C/C=C\C=C\C=C\[C@H](O)[C@@H](O)CCCC(=O)O[C@@H](CO)COC(=O)CCCCCCCCCCCCCCCCCCCCC(C)CC. The minimum absolute atomic E-state index is 0.00249. The van der Waals surface area contributed by atoms with E-state index in [0.717, 1.165) is 50.9 Å². The molecule has 0 saturated heterocycles. The van der Waals surface area contributed by atoms with Gasteiger partial charge in [0, 0.05) is 12.8 Å². The van der Waals surface area contributed by atoms with Crippen molar-refractivity contribution in [3.63, 3.8) is 0 Å². The van der Waals surface area contributed by atoms with Crippen LogP contribution < -0.4 is 0 Å². The summed E-state index contributed by atoms with van der Waals surface area (Å²) >= 11 is 0. The van der Waals surface area contributed by atoms with E-state index in [1.165, 1.54) is 115 Å². The Morgan fingerprint density at radius 1 is 0.536 bits per heavy atom. The lowest BCUT2D eigenvalue weighted by atomic mass is 9.99. The zero-order valence-corrected chi connectivity index (χ0v) is 36.1. The molecule has 0 aromatic carbocycles. The Kier molecular flexibility index (Phi) is 39.3. The lowest BCUT2D eigenvalue weighted by molar-refractivity contribution is -0.161. The molecule has 0 aromatic rings. The fourth-order valence-corrected chi connectivity index (χ4v) is 6.50. The Bertz CT molecular complexity index is 1010. The van der Waals surface area contributed by atoms with Crippen LogP contribution in [0.4, 0.5) is 0 Å². The smallest absolute Gasteiger partial charge is 0.306 e. The minimum atomic E-state index is -1.09. The van der Waals surface area contributed by atoms with E-state index in [9.17, 15) is 30.0 Å². The van der Waals surface area contributed by atoms with Crippen LogP contribution in [0.25, 0.3) is 0 Å². The van der Waals surface area contributed by atoms with Crippen molar-refractivity contribution in [3.05, 3.63) is 48.6 Å². The van der Waals surface area contributed by atoms with Gasteiger partial charge in [-0.05, 0) is 31.6 Å². The summed E-state index contributed by atoms with van der Waals surface area (Å²) in [7, 11) is 0. The first-order valence-electron chi connectivity index (χ1n) is 22.9. The van der Waals surface area contributed by atoms with Crippen molar-refractivity contribution in [1.82, 2.24) is 0 Å². The molecule has 0 aliphatic rings. The quantitative estimate of drug-likeness (QED) is 0.0274. The summed E-state index contributed by atoms with van der Waals surface area (Å²) in [4.78, 5) is 24.4. The molecule has 0 aliphatic carbocycles. The summed E-state index contributed by atoms with van der Waals surface area (Å²) in [6.45, 7) is 6.16. The number of aliphatic hydroxyl groups excluding tert-OH is 4. The molecule has 0 aromatic heterocycles. The van der Waals surface area contributed by atoms with Crippen LogP contribution in [-0.4, -0.2) is 70.0 Å². The highest BCUT2D eigenvalue weighted by Gasteiger charge is 2.18. The molecule has 56 heavy (non-hydrogen) atoms. The van der Waals surface area contributed by atoms with Gasteiger partial charge < -0.3 is 29.9 Å². The molecule has 0 spiro atoms. The highest BCUT2D eigenvalue weighted by atomic mass is 16.6. The van der Waals surface area contributed by atoms with E-state index >= 15 is 0 Å². The molecular formula is C48H86O8. The summed E-state index contributed by atoms with van der Waals surface area (Å²) in [6, 6.07) is 0. The predicted octanol–water partition coefficient (Wildman–Crippen LogP) is 11.3. The Morgan fingerprint density at radius 2 is 1.00 bits per heavy atom.